The van der Waals surface area contributed by atoms with Crippen LogP contribution in [0.4, 0.5) is 10.5 Å². The predicted octanol–water partition coefficient (Wildman–Crippen LogP) is 2.84. The Bertz CT molecular complexity index is 371. The molecule has 0 saturated heterocycles. The molecule has 86 valence electrons. The van der Waals surface area contributed by atoms with Gasteiger partial charge in [0.05, 0.1) is 0 Å². The van der Waals surface area contributed by atoms with Gasteiger partial charge in [0.1, 0.15) is 0 Å². The van der Waals surface area contributed by atoms with Crippen LogP contribution in [0.3, 0.4) is 0 Å². The lowest BCUT2D eigenvalue weighted by molar-refractivity contribution is 0.252. The van der Waals surface area contributed by atoms with E-state index in [9.17, 15) is 4.79 Å². The number of nitrogens with zero attached hydrogens (tertiary/aromatic N) is 1. The van der Waals surface area contributed by atoms with Gasteiger partial charge in [-0.25, -0.2) is 10.2 Å². The van der Waals surface area contributed by atoms with E-state index >= 15 is 0 Å². The predicted molar refractivity (Wildman–Crippen MR) is 66.5 cm³/mol. The van der Waals surface area contributed by atoms with Crippen LogP contribution >= 0.6 is 0 Å². The third-order valence-corrected chi connectivity index (χ3v) is 2.20. The maximum Gasteiger partial charge on any atom is 0.339 e. The third kappa shape index (κ3) is 4.13. The van der Waals surface area contributed by atoms with Gasteiger partial charge in [0.15, 0.2) is 0 Å². The molecule has 1 aromatic rings. The molecule has 1 aromatic carbocycles. The Morgan fingerprint density at radius 1 is 1.25 bits per heavy atom. The summed E-state index contributed by atoms with van der Waals surface area (Å²) in [5.74, 6) is 0.331. The molecule has 4 nitrogen and oxygen atoms in total. The van der Waals surface area contributed by atoms with E-state index in [1.807, 2.05) is 51.1 Å². The van der Waals surface area contributed by atoms with Crippen molar-refractivity contribution in [1.82, 2.24) is 5.43 Å². The molecule has 0 aliphatic heterocycles. The molecule has 0 atom stereocenters. The summed E-state index contributed by atoms with van der Waals surface area (Å²) in [6.07, 6.45) is 0. The lowest BCUT2D eigenvalue weighted by Crippen LogP contribution is -2.25. The molecule has 0 heterocycles. The number of carbonyl (C=O) groups is 1. The number of anilines is 1. The third-order valence-electron chi connectivity index (χ3n) is 2.20. The average Bonchev–Trinajstić information content (AvgIpc) is 2.27. The van der Waals surface area contributed by atoms with E-state index in [1.165, 1.54) is 0 Å². The molecule has 0 fully saturated rings. The van der Waals surface area contributed by atoms with Crippen LogP contribution in [0.1, 0.15) is 20.8 Å². The van der Waals surface area contributed by atoms with E-state index in [0.717, 1.165) is 11.4 Å². The van der Waals surface area contributed by atoms with Crippen molar-refractivity contribution in [3.63, 3.8) is 0 Å². The molecular formula is C12H17N3O. The fourth-order valence-electron chi connectivity index (χ4n) is 0.949. The van der Waals surface area contributed by atoms with E-state index in [2.05, 4.69) is 15.8 Å². The summed E-state index contributed by atoms with van der Waals surface area (Å²) in [4.78, 5) is 11.4. The number of amides is 2. The summed E-state index contributed by atoms with van der Waals surface area (Å²) < 4.78 is 0. The molecular weight excluding hydrogens is 202 g/mol. The minimum atomic E-state index is -0.328. The summed E-state index contributed by atoms with van der Waals surface area (Å²) in [6, 6.07) is 8.92. The molecule has 0 saturated carbocycles. The Morgan fingerprint density at radius 2 is 1.88 bits per heavy atom. The van der Waals surface area contributed by atoms with Crippen LogP contribution < -0.4 is 10.7 Å². The Morgan fingerprint density at radius 3 is 2.44 bits per heavy atom. The topological polar surface area (TPSA) is 53.5 Å². The number of benzene rings is 1. The first kappa shape index (κ1) is 12.2. The molecule has 0 aliphatic rings. The summed E-state index contributed by atoms with van der Waals surface area (Å²) in [6.45, 7) is 5.93. The zero-order valence-corrected chi connectivity index (χ0v) is 9.82. The van der Waals surface area contributed by atoms with Crippen molar-refractivity contribution >= 4 is 17.4 Å². The minimum absolute atomic E-state index is 0.328. The second-order valence-corrected chi connectivity index (χ2v) is 3.84. The van der Waals surface area contributed by atoms with Crippen molar-refractivity contribution in [3.05, 3.63) is 30.3 Å². The van der Waals surface area contributed by atoms with Crippen LogP contribution in [-0.4, -0.2) is 11.7 Å². The van der Waals surface area contributed by atoms with Crippen LogP contribution in [0.25, 0.3) is 0 Å². The van der Waals surface area contributed by atoms with Crippen molar-refractivity contribution in [2.45, 2.75) is 20.8 Å². The van der Waals surface area contributed by atoms with Crippen LogP contribution in [0.2, 0.25) is 0 Å². The lowest BCUT2D eigenvalue weighted by Gasteiger charge is -2.06. The van der Waals surface area contributed by atoms with Gasteiger partial charge in [0.2, 0.25) is 0 Å². The molecule has 4 heteroatoms. The van der Waals surface area contributed by atoms with Crippen LogP contribution in [0.5, 0.6) is 0 Å². The Kier molecular flexibility index (Phi) is 4.51. The quantitative estimate of drug-likeness (QED) is 0.596. The highest BCUT2D eigenvalue weighted by atomic mass is 16.2. The number of hydrazone groups is 1. The van der Waals surface area contributed by atoms with E-state index in [-0.39, 0.29) is 6.03 Å². The zero-order chi connectivity index (χ0) is 12.0. The fourth-order valence-corrected chi connectivity index (χ4v) is 0.949. The molecule has 2 amide bonds. The smallest absolute Gasteiger partial charge is 0.307 e. The Hall–Kier alpha value is -1.84. The highest BCUT2D eigenvalue weighted by Crippen LogP contribution is 2.04. The highest BCUT2D eigenvalue weighted by Gasteiger charge is 2.01. The SMILES string of the molecule is C/C(=N/NC(=O)Nc1ccccc1)C(C)C. The fraction of sp³-hybridized carbons (Fsp3) is 0.333. The molecule has 16 heavy (non-hydrogen) atoms. The highest BCUT2D eigenvalue weighted by molar-refractivity contribution is 5.91. The van der Waals surface area contributed by atoms with E-state index in [4.69, 9.17) is 0 Å². The van der Waals surface area contributed by atoms with Crippen LogP contribution in [0.15, 0.2) is 35.4 Å². The molecule has 0 spiro atoms. The van der Waals surface area contributed by atoms with E-state index in [0.29, 0.717) is 5.92 Å². The van der Waals surface area contributed by atoms with Crippen molar-refractivity contribution in [3.8, 4) is 0 Å². The van der Waals surface area contributed by atoms with Crippen LogP contribution in [0, 0.1) is 5.92 Å². The largest absolute Gasteiger partial charge is 0.339 e. The van der Waals surface area contributed by atoms with Gasteiger partial charge >= 0.3 is 6.03 Å². The van der Waals surface area contributed by atoms with Crippen molar-refractivity contribution < 1.29 is 4.79 Å². The standard InChI is InChI=1S/C12H17N3O/c1-9(2)10(3)14-15-12(16)13-11-7-5-4-6-8-11/h4-9H,1-3H3,(H2,13,15,16)/b14-10-. The Balaban J connectivity index is 2.46. The Labute approximate surface area is 95.7 Å². The number of para-hydroxylation sites is 1. The number of nitrogens with one attached hydrogen (secondary N) is 2. The second-order valence-electron chi connectivity index (χ2n) is 3.84. The lowest BCUT2D eigenvalue weighted by atomic mass is 10.1. The molecule has 0 radical (unpaired) electrons. The first-order valence-corrected chi connectivity index (χ1v) is 5.26. The van der Waals surface area contributed by atoms with Gasteiger partial charge in [0.25, 0.3) is 0 Å². The normalized spacial score (nSPS) is 11.4. The molecule has 0 bridgehead atoms. The minimum Gasteiger partial charge on any atom is -0.307 e. The number of carbonyl (C=O) groups excluding carboxylic acids is 1. The van der Waals surface area contributed by atoms with Gasteiger partial charge in [-0.05, 0) is 25.0 Å². The summed E-state index contributed by atoms with van der Waals surface area (Å²) >= 11 is 0. The maximum atomic E-state index is 11.4. The molecule has 0 aliphatic carbocycles. The molecule has 0 aromatic heterocycles. The first-order chi connectivity index (χ1) is 7.59. The number of hydrogen-bond acceptors (Lipinski definition) is 2. The summed E-state index contributed by atoms with van der Waals surface area (Å²) in [5.41, 5.74) is 4.09. The van der Waals surface area contributed by atoms with Crippen LogP contribution in [-0.2, 0) is 0 Å². The van der Waals surface area contributed by atoms with Crippen molar-refractivity contribution in [2.24, 2.45) is 11.0 Å². The molecule has 2 N–H and O–H groups in total. The monoisotopic (exact) mass is 219 g/mol. The number of hydrogen-bond donors (Lipinski definition) is 2. The first-order valence-electron chi connectivity index (χ1n) is 5.26. The average molecular weight is 219 g/mol. The number of urea groups is 1. The van der Waals surface area contributed by atoms with E-state index < -0.39 is 0 Å². The van der Waals surface area contributed by atoms with Gasteiger partial charge in [0, 0.05) is 11.4 Å². The summed E-state index contributed by atoms with van der Waals surface area (Å²) in [5, 5.41) is 6.65. The van der Waals surface area contributed by atoms with Crippen molar-refractivity contribution in [1.29, 1.82) is 0 Å². The van der Waals surface area contributed by atoms with Gasteiger partial charge in [-0.1, -0.05) is 32.0 Å². The second kappa shape index (κ2) is 5.90. The molecule has 0 unspecified atom stereocenters. The van der Waals surface area contributed by atoms with Gasteiger partial charge < -0.3 is 5.32 Å². The zero-order valence-electron chi connectivity index (χ0n) is 9.82. The van der Waals surface area contributed by atoms with Crippen molar-refractivity contribution in [2.75, 3.05) is 5.32 Å². The van der Waals surface area contributed by atoms with E-state index in [1.54, 1.807) is 0 Å². The maximum absolute atomic E-state index is 11.4. The van der Waals surface area contributed by atoms with Gasteiger partial charge in [-0.2, -0.15) is 5.10 Å². The van der Waals surface area contributed by atoms with Gasteiger partial charge in [-0.3, -0.25) is 0 Å². The number of rotatable bonds is 3. The summed E-state index contributed by atoms with van der Waals surface area (Å²) in [7, 11) is 0. The molecule has 1 rings (SSSR count). The van der Waals surface area contributed by atoms with Gasteiger partial charge in [-0.15, -0.1) is 0 Å².